The lowest BCUT2D eigenvalue weighted by Crippen LogP contribution is -1.99. The van der Waals surface area contributed by atoms with Crippen LogP contribution in [0, 0.1) is 13.8 Å². The molecule has 0 aromatic heterocycles. The zero-order valence-electron chi connectivity index (χ0n) is 16.1. The van der Waals surface area contributed by atoms with Crippen LogP contribution in [0.1, 0.15) is 22.3 Å². The van der Waals surface area contributed by atoms with Crippen molar-refractivity contribution in [2.45, 2.75) is 13.8 Å². The first-order valence-electron chi connectivity index (χ1n) is 8.91. The maximum atomic E-state index is 11.7. The minimum atomic E-state index is -0.985. The lowest BCUT2D eigenvalue weighted by molar-refractivity contribution is -0.130. The van der Waals surface area contributed by atoms with Crippen molar-refractivity contribution in [3.05, 3.63) is 89.0 Å². The van der Waals surface area contributed by atoms with Crippen LogP contribution in [0.15, 0.2) is 66.7 Å². The molecule has 4 nitrogen and oxygen atoms in total. The summed E-state index contributed by atoms with van der Waals surface area (Å²) in [5, 5.41) is 9.60. The Bertz CT molecular complexity index is 1000. The van der Waals surface area contributed by atoms with Crippen molar-refractivity contribution in [2.24, 2.45) is 0 Å². The van der Waals surface area contributed by atoms with Crippen LogP contribution >= 0.6 is 0 Å². The monoisotopic (exact) mass is 374 g/mol. The van der Waals surface area contributed by atoms with Gasteiger partial charge in [0.05, 0.1) is 12.7 Å². The van der Waals surface area contributed by atoms with E-state index >= 15 is 0 Å². The van der Waals surface area contributed by atoms with E-state index in [9.17, 15) is 9.90 Å². The second-order valence-corrected chi connectivity index (χ2v) is 6.46. The van der Waals surface area contributed by atoms with Crippen LogP contribution in [0.5, 0.6) is 17.2 Å². The van der Waals surface area contributed by atoms with E-state index in [1.165, 1.54) is 5.56 Å². The van der Waals surface area contributed by atoms with E-state index < -0.39 is 5.97 Å². The number of rotatable bonds is 6. The quantitative estimate of drug-likeness (QED) is 0.442. The summed E-state index contributed by atoms with van der Waals surface area (Å²) in [5.74, 6) is 1.21. The average molecular weight is 374 g/mol. The number of hydrogen-bond donors (Lipinski definition) is 1. The molecule has 142 valence electrons. The molecule has 3 aromatic rings. The van der Waals surface area contributed by atoms with Crippen molar-refractivity contribution < 1.29 is 19.4 Å². The van der Waals surface area contributed by atoms with Crippen molar-refractivity contribution in [3.63, 3.8) is 0 Å². The molecule has 0 aliphatic carbocycles. The molecule has 0 aliphatic rings. The van der Waals surface area contributed by atoms with Crippen molar-refractivity contribution in [3.8, 4) is 17.2 Å². The van der Waals surface area contributed by atoms with E-state index in [0.717, 1.165) is 16.9 Å². The number of benzene rings is 3. The maximum absolute atomic E-state index is 11.7. The molecular formula is C24H22O4. The second kappa shape index (κ2) is 8.44. The van der Waals surface area contributed by atoms with Crippen molar-refractivity contribution in [1.82, 2.24) is 0 Å². The standard InChI is InChI=1S/C24H22O4/c1-16-5-4-6-23(17(16)2)28-21-11-7-18(8-12-21)15-22(24(25)26)19-9-13-20(27-3)14-10-19/h4-15H,1-3H3,(H,25,26)/b22-15+. The predicted molar refractivity (Wildman–Crippen MR) is 111 cm³/mol. The summed E-state index contributed by atoms with van der Waals surface area (Å²) in [5.41, 5.74) is 3.87. The first-order chi connectivity index (χ1) is 13.5. The van der Waals surface area contributed by atoms with Crippen molar-refractivity contribution in [2.75, 3.05) is 7.11 Å². The SMILES string of the molecule is COc1ccc(/C(=C\c2ccc(Oc3cccc(C)c3C)cc2)C(=O)O)cc1. The van der Waals surface area contributed by atoms with Crippen molar-refractivity contribution >= 4 is 17.6 Å². The molecule has 0 amide bonds. The van der Waals surface area contributed by atoms with Gasteiger partial charge < -0.3 is 14.6 Å². The smallest absolute Gasteiger partial charge is 0.336 e. The third kappa shape index (κ3) is 4.41. The summed E-state index contributed by atoms with van der Waals surface area (Å²) >= 11 is 0. The molecule has 28 heavy (non-hydrogen) atoms. The Morgan fingerprint density at radius 3 is 2.14 bits per heavy atom. The number of aryl methyl sites for hydroxylation is 1. The van der Waals surface area contributed by atoms with Gasteiger partial charge in [-0.05, 0) is 72.5 Å². The Morgan fingerprint density at radius 2 is 1.54 bits per heavy atom. The van der Waals surface area contributed by atoms with Gasteiger partial charge in [-0.15, -0.1) is 0 Å². The number of aliphatic carboxylic acids is 1. The topological polar surface area (TPSA) is 55.8 Å². The Kier molecular flexibility index (Phi) is 5.80. The van der Waals surface area contributed by atoms with Crippen molar-refractivity contribution in [1.29, 1.82) is 0 Å². The Labute approximate surface area is 164 Å². The van der Waals surface area contributed by atoms with Crippen LogP contribution in [-0.2, 0) is 4.79 Å². The molecule has 0 spiro atoms. The molecule has 0 aliphatic heterocycles. The van der Waals surface area contributed by atoms with Crippen LogP contribution in [0.4, 0.5) is 0 Å². The van der Waals surface area contributed by atoms with Gasteiger partial charge in [0.1, 0.15) is 17.2 Å². The predicted octanol–water partition coefficient (Wildman–Crippen LogP) is 5.73. The second-order valence-electron chi connectivity index (χ2n) is 6.46. The van der Waals surface area contributed by atoms with Crippen LogP contribution in [-0.4, -0.2) is 18.2 Å². The molecule has 0 unspecified atom stereocenters. The molecule has 4 heteroatoms. The van der Waals surface area contributed by atoms with E-state index in [4.69, 9.17) is 9.47 Å². The van der Waals surface area contributed by atoms with E-state index in [-0.39, 0.29) is 5.57 Å². The highest BCUT2D eigenvalue weighted by atomic mass is 16.5. The molecule has 0 saturated heterocycles. The largest absolute Gasteiger partial charge is 0.497 e. The average Bonchev–Trinajstić information content (AvgIpc) is 2.71. The van der Waals surface area contributed by atoms with Crippen LogP contribution in [0.3, 0.4) is 0 Å². The van der Waals surface area contributed by atoms with E-state index in [1.807, 2.05) is 56.3 Å². The normalized spacial score (nSPS) is 11.2. The first kappa shape index (κ1) is 19.2. The highest BCUT2D eigenvalue weighted by molar-refractivity contribution is 6.20. The summed E-state index contributed by atoms with van der Waals surface area (Å²) in [4.78, 5) is 11.7. The van der Waals surface area contributed by atoms with Gasteiger partial charge >= 0.3 is 5.97 Å². The number of methoxy groups -OCH3 is 1. The van der Waals surface area contributed by atoms with Gasteiger partial charge in [0, 0.05) is 0 Å². The lowest BCUT2D eigenvalue weighted by atomic mass is 10.0. The molecule has 0 atom stereocenters. The lowest BCUT2D eigenvalue weighted by Gasteiger charge is -2.11. The molecule has 0 saturated carbocycles. The van der Waals surface area contributed by atoms with E-state index in [1.54, 1.807) is 37.5 Å². The highest BCUT2D eigenvalue weighted by Gasteiger charge is 2.11. The number of ether oxygens (including phenoxy) is 2. The van der Waals surface area contributed by atoms with E-state index in [2.05, 4.69) is 0 Å². The molecule has 0 radical (unpaired) electrons. The molecule has 0 heterocycles. The summed E-state index contributed by atoms with van der Waals surface area (Å²) in [7, 11) is 1.57. The third-order valence-electron chi connectivity index (χ3n) is 4.61. The Morgan fingerprint density at radius 1 is 0.893 bits per heavy atom. The molecule has 3 aromatic carbocycles. The minimum Gasteiger partial charge on any atom is -0.497 e. The van der Waals surface area contributed by atoms with Gasteiger partial charge in [-0.2, -0.15) is 0 Å². The molecule has 0 fully saturated rings. The fraction of sp³-hybridized carbons (Fsp3) is 0.125. The number of carboxylic acids is 1. The third-order valence-corrected chi connectivity index (χ3v) is 4.61. The van der Waals surface area contributed by atoms with Gasteiger partial charge in [-0.25, -0.2) is 4.79 Å². The summed E-state index contributed by atoms with van der Waals surface area (Å²) < 4.78 is 11.1. The number of carboxylic acid groups (broad SMARTS) is 1. The zero-order chi connectivity index (χ0) is 20.1. The van der Waals surface area contributed by atoms with Gasteiger partial charge in [-0.3, -0.25) is 0 Å². The van der Waals surface area contributed by atoms with Crippen LogP contribution in [0.2, 0.25) is 0 Å². The van der Waals surface area contributed by atoms with Gasteiger partial charge in [0.2, 0.25) is 0 Å². The van der Waals surface area contributed by atoms with Crippen LogP contribution < -0.4 is 9.47 Å². The Balaban J connectivity index is 1.84. The van der Waals surface area contributed by atoms with Gasteiger partial charge in [-0.1, -0.05) is 36.4 Å². The highest BCUT2D eigenvalue weighted by Crippen LogP contribution is 2.28. The summed E-state index contributed by atoms with van der Waals surface area (Å²) in [6.45, 7) is 4.07. The summed E-state index contributed by atoms with van der Waals surface area (Å²) in [6.07, 6.45) is 1.64. The number of carbonyl (C=O) groups is 1. The maximum Gasteiger partial charge on any atom is 0.336 e. The molecular weight excluding hydrogens is 352 g/mol. The number of hydrogen-bond acceptors (Lipinski definition) is 3. The molecule has 3 rings (SSSR count). The Hall–Kier alpha value is -3.53. The molecule has 0 bridgehead atoms. The van der Waals surface area contributed by atoms with E-state index in [0.29, 0.717) is 17.1 Å². The van der Waals surface area contributed by atoms with Crippen LogP contribution in [0.25, 0.3) is 11.6 Å². The van der Waals surface area contributed by atoms with Gasteiger partial charge in [0.15, 0.2) is 0 Å². The summed E-state index contributed by atoms with van der Waals surface area (Å²) in [6, 6.07) is 20.2. The van der Waals surface area contributed by atoms with Gasteiger partial charge in [0.25, 0.3) is 0 Å². The minimum absolute atomic E-state index is 0.214. The molecule has 1 N–H and O–H groups in total. The fourth-order valence-corrected chi connectivity index (χ4v) is 2.80. The zero-order valence-corrected chi connectivity index (χ0v) is 16.1. The fourth-order valence-electron chi connectivity index (χ4n) is 2.80. The first-order valence-corrected chi connectivity index (χ1v) is 8.91.